The molecule has 0 atom stereocenters. The molecule has 1 aliphatic carbocycles. The van der Waals surface area contributed by atoms with Crippen molar-refractivity contribution >= 4 is 23.8 Å². The van der Waals surface area contributed by atoms with Crippen molar-refractivity contribution in [1.82, 2.24) is 25.5 Å². The fourth-order valence-electron chi connectivity index (χ4n) is 3.38. The number of carbonyl (C=O) groups excluding carboxylic acids is 4. The number of hydrazine groups is 1. The Balaban J connectivity index is 1.56. The number of nitrogens with zero attached hydrogens (tertiary/aromatic N) is 3. The highest BCUT2D eigenvalue weighted by atomic mass is 16.5. The number of hydrogen-bond acceptors (Lipinski definition) is 6. The van der Waals surface area contributed by atoms with Gasteiger partial charge >= 0.3 is 12.0 Å². The summed E-state index contributed by atoms with van der Waals surface area (Å²) in [7, 11) is 1.68. The summed E-state index contributed by atoms with van der Waals surface area (Å²) in [5.74, 6) is -1.44. The molecule has 1 aromatic heterocycles. The number of carbonyl (C=O) groups is 4. The summed E-state index contributed by atoms with van der Waals surface area (Å²) < 4.78 is 6.45. The van der Waals surface area contributed by atoms with E-state index in [9.17, 15) is 19.2 Å². The number of nitrogens with one attached hydrogen (secondary N) is 2. The summed E-state index contributed by atoms with van der Waals surface area (Å²) in [4.78, 5) is 48.9. The van der Waals surface area contributed by atoms with Gasteiger partial charge in [-0.25, -0.2) is 9.59 Å². The number of amides is 4. The Hall–Kier alpha value is -2.91. The van der Waals surface area contributed by atoms with Gasteiger partial charge in [0.05, 0.1) is 6.20 Å². The van der Waals surface area contributed by atoms with Crippen LogP contribution in [0.3, 0.4) is 0 Å². The Kier molecular flexibility index (Phi) is 4.90. The van der Waals surface area contributed by atoms with Gasteiger partial charge in [-0.3, -0.25) is 19.7 Å². The molecule has 0 aromatic carbocycles. The molecule has 1 aliphatic heterocycles. The highest BCUT2D eigenvalue weighted by Crippen LogP contribution is 2.35. The molecule has 0 radical (unpaired) electrons. The molecule has 27 heavy (non-hydrogen) atoms. The minimum atomic E-state index is -0.944. The molecule has 1 saturated heterocycles. The molecule has 10 heteroatoms. The molecule has 1 aromatic rings. The number of aryl methyl sites for hydroxylation is 1. The number of esters is 1. The van der Waals surface area contributed by atoms with Crippen LogP contribution in [0.25, 0.3) is 0 Å². The fourth-order valence-corrected chi connectivity index (χ4v) is 3.38. The standard InChI is InChI=1S/C17H23N5O5/c1-10-4-6-17(7-5-10)15(25)22(16(26)19-17)20-13(23)9-27-14(24)12-8-18-21(3)11(12)2/h8,10H,4-7,9H2,1-3H3,(H,19,26)(H,20,23). The highest BCUT2D eigenvalue weighted by Gasteiger charge is 2.52. The van der Waals surface area contributed by atoms with Gasteiger partial charge in [0, 0.05) is 12.7 Å². The summed E-state index contributed by atoms with van der Waals surface area (Å²) in [5.41, 5.74) is 2.12. The molecule has 3 rings (SSSR count). The lowest BCUT2D eigenvalue weighted by atomic mass is 9.77. The lowest BCUT2D eigenvalue weighted by Gasteiger charge is -2.33. The third kappa shape index (κ3) is 3.51. The Morgan fingerprint density at radius 1 is 1.37 bits per heavy atom. The summed E-state index contributed by atoms with van der Waals surface area (Å²) in [5, 5.41) is 7.31. The highest BCUT2D eigenvalue weighted by molar-refractivity contribution is 6.08. The summed E-state index contributed by atoms with van der Waals surface area (Å²) in [6, 6.07) is -0.669. The van der Waals surface area contributed by atoms with Crippen molar-refractivity contribution in [3.63, 3.8) is 0 Å². The first-order valence-corrected chi connectivity index (χ1v) is 8.85. The zero-order valence-corrected chi connectivity index (χ0v) is 15.6. The molecule has 0 bridgehead atoms. The van der Waals surface area contributed by atoms with E-state index in [-0.39, 0.29) is 5.56 Å². The average molecular weight is 377 g/mol. The van der Waals surface area contributed by atoms with Crippen molar-refractivity contribution in [2.24, 2.45) is 13.0 Å². The summed E-state index contributed by atoms with van der Waals surface area (Å²) in [6.45, 7) is 3.18. The van der Waals surface area contributed by atoms with Gasteiger partial charge in [-0.05, 0) is 38.5 Å². The van der Waals surface area contributed by atoms with E-state index in [1.165, 1.54) is 10.9 Å². The van der Waals surface area contributed by atoms with Crippen molar-refractivity contribution in [2.75, 3.05) is 6.61 Å². The number of ether oxygens (including phenoxy) is 1. The van der Waals surface area contributed by atoms with E-state index in [1.807, 2.05) is 0 Å². The quantitative estimate of drug-likeness (QED) is 0.579. The number of hydrogen-bond donors (Lipinski definition) is 2. The lowest BCUT2D eigenvalue weighted by molar-refractivity contribution is -0.141. The first kappa shape index (κ1) is 18.9. The first-order chi connectivity index (χ1) is 12.7. The molecule has 2 N–H and O–H groups in total. The van der Waals surface area contributed by atoms with Crippen LogP contribution in [0.2, 0.25) is 0 Å². The zero-order chi connectivity index (χ0) is 19.8. The molecule has 0 unspecified atom stereocenters. The van der Waals surface area contributed by atoms with Gasteiger partial charge < -0.3 is 10.1 Å². The maximum Gasteiger partial charge on any atom is 0.344 e. The summed E-state index contributed by atoms with van der Waals surface area (Å²) in [6.07, 6.45) is 4.09. The van der Waals surface area contributed by atoms with Gasteiger partial charge in [-0.1, -0.05) is 6.92 Å². The van der Waals surface area contributed by atoms with Crippen LogP contribution in [0, 0.1) is 12.8 Å². The molecule has 1 saturated carbocycles. The van der Waals surface area contributed by atoms with Crippen molar-refractivity contribution in [1.29, 1.82) is 0 Å². The number of aromatic nitrogens is 2. The minimum absolute atomic E-state index is 0.246. The van der Waals surface area contributed by atoms with Crippen LogP contribution in [0.15, 0.2) is 6.20 Å². The Bertz CT molecular complexity index is 794. The van der Waals surface area contributed by atoms with E-state index in [1.54, 1.807) is 14.0 Å². The second-order valence-electron chi connectivity index (χ2n) is 7.21. The van der Waals surface area contributed by atoms with Crippen molar-refractivity contribution in [3.05, 3.63) is 17.5 Å². The van der Waals surface area contributed by atoms with Crippen molar-refractivity contribution < 1.29 is 23.9 Å². The lowest BCUT2D eigenvalue weighted by Crippen LogP contribution is -2.52. The van der Waals surface area contributed by atoms with Crippen LogP contribution < -0.4 is 10.7 Å². The normalized spacial score (nSPS) is 24.9. The predicted molar refractivity (Wildman–Crippen MR) is 92.1 cm³/mol. The molecule has 2 aliphatic rings. The van der Waals surface area contributed by atoms with Crippen LogP contribution in [-0.2, 0) is 21.4 Å². The predicted octanol–water partition coefficient (Wildman–Crippen LogP) is 0.417. The molecule has 2 heterocycles. The van der Waals surface area contributed by atoms with Gasteiger partial charge in [0.25, 0.3) is 11.8 Å². The molecule has 146 valence electrons. The molecule has 4 amide bonds. The van der Waals surface area contributed by atoms with Crippen LogP contribution in [-0.4, -0.2) is 50.7 Å². The van der Waals surface area contributed by atoms with E-state index in [2.05, 4.69) is 22.8 Å². The fraction of sp³-hybridized carbons (Fsp3) is 0.588. The van der Waals surface area contributed by atoms with E-state index < -0.39 is 36.0 Å². The van der Waals surface area contributed by atoms with Crippen molar-refractivity contribution in [3.8, 4) is 0 Å². The maximum absolute atomic E-state index is 12.7. The van der Waals surface area contributed by atoms with Crippen LogP contribution in [0.4, 0.5) is 4.79 Å². The molecule has 2 fully saturated rings. The van der Waals surface area contributed by atoms with Gasteiger partial charge in [0.1, 0.15) is 11.1 Å². The van der Waals surface area contributed by atoms with Crippen LogP contribution in [0.1, 0.15) is 48.7 Å². The molecular weight excluding hydrogens is 354 g/mol. The van der Waals surface area contributed by atoms with Crippen LogP contribution >= 0.6 is 0 Å². The third-order valence-corrected chi connectivity index (χ3v) is 5.32. The zero-order valence-electron chi connectivity index (χ0n) is 15.6. The van der Waals surface area contributed by atoms with Crippen molar-refractivity contribution in [2.45, 2.75) is 45.1 Å². The SMILES string of the molecule is Cc1c(C(=O)OCC(=O)NN2C(=O)NC3(CCC(C)CC3)C2=O)cnn1C. The van der Waals surface area contributed by atoms with Gasteiger partial charge in [-0.15, -0.1) is 0 Å². The maximum atomic E-state index is 12.7. The Morgan fingerprint density at radius 2 is 2.04 bits per heavy atom. The van der Waals surface area contributed by atoms with Crippen LogP contribution in [0.5, 0.6) is 0 Å². The van der Waals surface area contributed by atoms with E-state index in [0.717, 1.165) is 12.8 Å². The molecule has 10 nitrogen and oxygen atoms in total. The molecule has 1 spiro atoms. The van der Waals surface area contributed by atoms with E-state index in [4.69, 9.17) is 4.74 Å². The Labute approximate surface area is 156 Å². The second-order valence-corrected chi connectivity index (χ2v) is 7.21. The minimum Gasteiger partial charge on any atom is -0.452 e. The number of imide groups is 1. The van der Waals surface area contributed by atoms with E-state index in [0.29, 0.717) is 29.5 Å². The smallest absolute Gasteiger partial charge is 0.344 e. The van der Waals surface area contributed by atoms with Gasteiger partial charge in [0.15, 0.2) is 6.61 Å². The molecular formula is C17H23N5O5. The van der Waals surface area contributed by atoms with E-state index >= 15 is 0 Å². The largest absolute Gasteiger partial charge is 0.452 e. The van der Waals surface area contributed by atoms with Gasteiger partial charge in [-0.2, -0.15) is 10.1 Å². The summed E-state index contributed by atoms with van der Waals surface area (Å²) >= 11 is 0. The van der Waals surface area contributed by atoms with Gasteiger partial charge in [0.2, 0.25) is 0 Å². The monoisotopic (exact) mass is 377 g/mol. The second kappa shape index (κ2) is 7.01. The average Bonchev–Trinajstić information content (AvgIpc) is 3.08. The number of urea groups is 1. The Morgan fingerprint density at radius 3 is 2.63 bits per heavy atom. The third-order valence-electron chi connectivity index (χ3n) is 5.32. The number of rotatable bonds is 4. The topological polar surface area (TPSA) is 123 Å². The first-order valence-electron chi connectivity index (χ1n) is 8.85.